The highest BCUT2D eigenvalue weighted by Crippen LogP contribution is 2.25. The van der Waals surface area contributed by atoms with E-state index in [1.165, 1.54) is 25.0 Å². The predicted octanol–water partition coefficient (Wildman–Crippen LogP) is 3.29. The number of nitrogens with one attached hydrogen (secondary N) is 1. The molecule has 0 saturated heterocycles. The standard InChI is InChI=1S/C18H20N2O3/c1-12(2)14-5-7-15(8-6-14)18(22)20-19-11-13-4-9-17(23-3)16(21)10-13/h4-12,21H,1-3H3,(H,20,22). The van der Waals surface area contributed by atoms with E-state index in [0.717, 1.165) is 0 Å². The molecule has 0 atom stereocenters. The van der Waals surface area contributed by atoms with Crippen molar-refractivity contribution in [2.45, 2.75) is 19.8 Å². The Kier molecular flexibility index (Phi) is 5.36. The summed E-state index contributed by atoms with van der Waals surface area (Å²) in [6.07, 6.45) is 1.46. The SMILES string of the molecule is COc1ccc(C=NNC(=O)c2ccc(C(C)C)cc2)cc1O. The van der Waals surface area contributed by atoms with Gasteiger partial charge in [0.1, 0.15) is 0 Å². The number of phenolic OH excluding ortho intramolecular Hbond substituents is 1. The fourth-order valence-corrected chi connectivity index (χ4v) is 2.04. The molecule has 1 amide bonds. The van der Waals surface area contributed by atoms with Crippen molar-refractivity contribution in [2.75, 3.05) is 7.11 Å². The van der Waals surface area contributed by atoms with Gasteiger partial charge in [0.25, 0.3) is 5.91 Å². The molecule has 0 aromatic heterocycles. The number of hydrogen-bond donors (Lipinski definition) is 2. The molecule has 0 aliphatic carbocycles. The molecule has 0 spiro atoms. The molecule has 0 aliphatic rings. The van der Waals surface area contributed by atoms with Crippen LogP contribution < -0.4 is 10.2 Å². The molecule has 23 heavy (non-hydrogen) atoms. The quantitative estimate of drug-likeness (QED) is 0.657. The third kappa shape index (κ3) is 4.32. The highest BCUT2D eigenvalue weighted by atomic mass is 16.5. The van der Waals surface area contributed by atoms with E-state index in [9.17, 15) is 9.90 Å². The summed E-state index contributed by atoms with van der Waals surface area (Å²) in [5.41, 5.74) is 4.84. The number of carbonyl (C=O) groups is 1. The average Bonchev–Trinajstić information content (AvgIpc) is 2.55. The van der Waals surface area contributed by atoms with Crippen LogP contribution in [0.3, 0.4) is 0 Å². The highest BCUT2D eigenvalue weighted by molar-refractivity contribution is 5.94. The molecule has 2 aromatic carbocycles. The molecule has 5 heteroatoms. The Morgan fingerprint density at radius 1 is 1.22 bits per heavy atom. The van der Waals surface area contributed by atoms with Crippen LogP contribution in [-0.4, -0.2) is 24.3 Å². The van der Waals surface area contributed by atoms with E-state index < -0.39 is 0 Å². The lowest BCUT2D eigenvalue weighted by atomic mass is 10.0. The van der Waals surface area contributed by atoms with E-state index in [2.05, 4.69) is 24.4 Å². The van der Waals surface area contributed by atoms with Gasteiger partial charge in [-0.3, -0.25) is 4.79 Å². The third-order valence-corrected chi connectivity index (χ3v) is 3.42. The van der Waals surface area contributed by atoms with Gasteiger partial charge in [-0.15, -0.1) is 0 Å². The smallest absolute Gasteiger partial charge is 0.271 e. The Hall–Kier alpha value is -2.82. The predicted molar refractivity (Wildman–Crippen MR) is 90.3 cm³/mol. The van der Waals surface area contributed by atoms with Gasteiger partial charge in [-0.2, -0.15) is 5.10 Å². The first-order valence-corrected chi connectivity index (χ1v) is 7.31. The Labute approximate surface area is 135 Å². The molecule has 0 fully saturated rings. The topological polar surface area (TPSA) is 70.9 Å². The Bertz CT molecular complexity index is 707. The number of carbonyl (C=O) groups excluding carboxylic acids is 1. The zero-order valence-electron chi connectivity index (χ0n) is 13.4. The summed E-state index contributed by atoms with van der Waals surface area (Å²) in [5, 5.41) is 13.6. The first kappa shape index (κ1) is 16.5. The van der Waals surface area contributed by atoms with Gasteiger partial charge in [-0.25, -0.2) is 5.43 Å². The van der Waals surface area contributed by atoms with Crippen molar-refractivity contribution >= 4 is 12.1 Å². The van der Waals surface area contributed by atoms with E-state index in [0.29, 0.717) is 22.8 Å². The molecular weight excluding hydrogens is 292 g/mol. The van der Waals surface area contributed by atoms with Gasteiger partial charge in [-0.1, -0.05) is 26.0 Å². The molecule has 120 valence electrons. The highest BCUT2D eigenvalue weighted by Gasteiger charge is 2.05. The van der Waals surface area contributed by atoms with Crippen LogP contribution in [0.4, 0.5) is 0 Å². The number of rotatable bonds is 5. The third-order valence-electron chi connectivity index (χ3n) is 3.42. The zero-order chi connectivity index (χ0) is 16.8. The van der Waals surface area contributed by atoms with E-state index in [4.69, 9.17) is 4.74 Å². The molecule has 0 heterocycles. The van der Waals surface area contributed by atoms with E-state index >= 15 is 0 Å². The minimum Gasteiger partial charge on any atom is -0.504 e. The van der Waals surface area contributed by atoms with Crippen LogP contribution in [0.5, 0.6) is 11.5 Å². The minimum absolute atomic E-state index is 0.0204. The van der Waals surface area contributed by atoms with Gasteiger partial charge in [0, 0.05) is 5.56 Å². The van der Waals surface area contributed by atoms with Crippen molar-refractivity contribution in [3.05, 3.63) is 59.2 Å². The summed E-state index contributed by atoms with van der Waals surface area (Å²) in [4.78, 5) is 12.0. The molecule has 2 aromatic rings. The Balaban J connectivity index is 1.99. The molecular formula is C18H20N2O3. The van der Waals surface area contributed by atoms with Crippen LogP contribution in [0.2, 0.25) is 0 Å². The van der Waals surface area contributed by atoms with Crippen LogP contribution in [0.15, 0.2) is 47.6 Å². The lowest BCUT2D eigenvalue weighted by Gasteiger charge is -2.06. The molecule has 2 rings (SSSR count). The fourth-order valence-electron chi connectivity index (χ4n) is 2.04. The number of aromatic hydroxyl groups is 1. The second-order valence-corrected chi connectivity index (χ2v) is 5.41. The summed E-state index contributed by atoms with van der Waals surface area (Å²) in [7, 11) is 1.48. The summed E-state index contributed by atoms with van der Waals surface area (Å²) >= 11 is 0. The second-order valence-electron chi connectivity index (χ2n) is 5.41. The minimum atomic E-state index is -0.283. The molecule has 0 radical (unpaired) electrons. The van der Waals surface area contributed by atoms with Crippen LogP contribution in [-0.2, 0) is 0 Å². The van der Waals surface area contributed by atoms with Crippen LogP contribution in [0.1, 0.15) is 41.3 Å². The fraction of sp³-hybridized carbons (Fsp3) is 0.222. The molecule has 0 saturated carbocycles. The normalized spacial score (nSPS) is 11.0. The first-order chi connectivity index (χ1) is 11.0. The van der Waals surface area contributed by atoms with Gasteiger partial charge < -0.3 is 9.84 Å². The monoisotopic (exact) mass is 312 g/mol. The summed E-state index contributed by atoms with van der Waals surface area (Å²) in [6, 6.07) is 12.3. The van der Waals surface area contributed by atoms with Gasteiger partial charge in [0.15, 0.2) is 11.5 Å². The summed E-state index contributed by atoms with van der Waals surface area (Å²) in [5.74, 6) is 0.547. The Morgan fingerprint density at radius 2 is 1.91 bits per heavy atom. The van der Waals surface area contributed by atoms with Crippen LogP contribution in [0.25, 0.3) is 0 Å². The molecule has 2 N–H and O–H groups in total. The van der Waals surface area contributed by atoms with Crippen molar-refractivity contribution in [3.8, 4) is 11.5 Å². The number of benzene rings is 2. The van der Waals surface area contributed by atoms with Crippen molar-refractivity contribution in [3.63, 3.8) is 0 Å². The molecule has 5 nitrogen and oxygen atoms in total. The van der Waals surface area contributed by atoms with E-state index in [1.54, 1.807) is 24.3 Å². The number of amides is 1. The maximum Gasteiger partial charge on any atom is 0.271 e. The van der Waals surface area contributed by atoms with Crippen LogP contribution in [0, 0.1) is 0 Å². The van der Waals surface area contributed by atoms with Gasteiger partial charge in [-0.05, 0) is 47.4 Å². The van der Waals surface area contributed by atoms with Crippen LogP contribution >= 0.6 is 0 Å². The van der Waals surface area contributed by atoms with Gasteiger partial charge >= 0.3 is 0 Å². The number of ether oxygens (including phenoxy) is 1. The largest absolute Gasteiger partial charge is 0.504 e. The number of nitrogens with zero attached hydrogens (tertiary/aromatic N) is 1. The molecule has 0 unspecified atom stereocenters. The number of hydrazone groups is 1. The van der Waals surface area contributed by atoms with Crippen molar-refractivity contribution in [1.82, 2.24) is 5.43 Å². The maximum absolute atomic E-state index is 12.0. The van der Waals surface area contributed by atoms with E-state index in [1.807, 2.05) is 12.1 Å². The zero-order valence-corrected chi connectivity index (χ0v) is 13.4. The first-order valence-electron chi connectivity index (χ1n) is 7.31. The Morgan fingerprint density at radius 3 is 2.48 bits per heavy atom. The average molecular weight is 312 g/mol. The second kappa shape index (κ2) is 7.45. The molecule has 0 bridgehead atoms. The summed E-state index contributed by atoms with van der Waals surface area (Å²) in [6.45, 7) is 4.20. The van der Waals surface area contributed by atoms with Crippen molar-refractivity contribution in [1.29, 1.82) is 0 Å². The van der Waals surface area contributed by atoms with Crippen molar-refractivity contribution in [2.24, 2.45) is 5.10 Å². The number of hydrogen-bond acceptors (Lipinski definition) is 4. The lowest BCUT2D eigenvalue weighted by Crippen LogP contribution is -2.17. The van der Waals surface area contributed by atoms with Gasteiger partial charge in [0.05, 0.1) is 13.3 Å². The lowest BCUT2D eigenvalue weighted by molar-refractivity contribution is 0.0955. The maximum atomic E-state index is 12.0. The summed E-state index contributed by atoms with van der Waals surface area (Å²) < 4.78 is 4.96. The number of phenols is 1. The van der Waals surface area contributed by atoms with Crippen molar-refractivity contribution < 1.29 is 14.6 Å². The molecule has 0 aliphatic heterocycles. The van der Waals surface area contributed by atoms with Gasteiger partial charge in [0.2, 0.25) is 0 Å². The number of methoxy groups -OCH3 is 1. The van der Waals surface area contributed by atoms with E-state index in [-0.39, 0.29) is 11.7 Å².